The summed E-state index contributed by atoms with van der Waals surface area (Å²) in [5.41, 5.74) is 9.73. The van der Waals surface area contributed by atoms with Crippen LogP contribution in [0.4, 0.5) is 5.69 Å². The molecule has 6 nitrogen and oxygen atoms in total. The van der Waals surface area contributed by atoms with Crippen LogP contribution < -0.4 is 16.4 Å². The number of carbonyl (C=O) groups excluding carboxylic acids is 1. The number of aliphatic imine (C=N–C) groups is 1. The number of rotatable bonds is 5. The second-order valence-corrected chi connectivity index (χ2v) is 5.78. The summed E-state index contributed by atoms with van der Waals surface area (Å²) in [6.07, 6.45) is 6.12. The standard InChI is InChI=1S/C18H22N4O2/c19-18(21-11-10-20-17(23)16-9-4-12-24-16)22-15-8-3-6-13-5-1-2-7-14(13)15/h3-4,6,8-9,12H,1-2,5,7,10-11H2,(H,20,23)(H3,19,21,22). The maximum absolute atomic E-state index is 11.7. The highest BCUT2D eigenvalue weighted by molar-refractivity contribution is 5.93. The summed E-state index contributed by atoms with van der Waals surface area (Å²) in [7, 11) is 0. The number of amides is 1. The quantitative estimate of drug-likeness (QED) is 0.446. The highest BCUT2D eigenvalue weighted by Crippen LogP contribution is 2.27. The van der Waals surface area contributed by atoms with Crippen molar-refractivity contribution in [3.8, 4) is 0 Å². The van der Waals surface area contributed by atoms with Gasteiger partial charge in [-0.1, -0.05) is 12.1 Å². The predicted octanol–water partition coefficient (Wildman–Crippen LogP) is 2.32. The number of nitrogens with zero attached hydrogens (tertiary/aromatic N) is 1. The van der Waals surface area contributed by atoms with Crippen molar-refractivity contribution in [2.45, 2.75) is 25.7 Å². The lowest BCUT2D eigenvalue weighted by Crippen LogP contribution is -2.28. The van der Waals surface area contributed by atoms with Crippen molar-refractivity contribution in [3.05, 3.63) is 53.5 Å². The molecule has 0 aliphatic heterocycles. The molecule has 0 spiro atoms. The zero-order chi connectivity index (χ0) is 16.8. The van der Waals surface area contributed by atoms with Crippen LogP contribution in [0.2, 0.25) is 0 Å². The predicted molar refractivity (Wildman–Crippen MR) is 94.2 cm³/mol. The molecule has 0 bridgehead atoms. The van der Waals surface area contributed by atoms with E-state index in [9.17, 15) is 4.79 Å². The lowest BCUT2D eigenvalue weighted by Gasteiger charge is -2.19. The Morgan fingerprint density at radius 1 is 1.21 bits per heavy atom. The van der Waals surface area contributed by atoms with Crippen LogP contribution >= 0.6 is 0 Å². The molecule has 1 aliphatic rings. The summed E-state index contributed by atoms with van der Waals surface area (Å²) < 4.78 is 5.02. The third kappa shape index (κ3) is 3.95. The van der Waals surface area contributed by atoms with Gasteiger partial charge in [0.2, 0.25) is 0 Å². The number of guanidine groups is 1. The minimum absolute atomic E-state index is 0.251. The third-order valence-corrected chi connectivity index (χ3v) is 4.08. The van der Waals surface area contributed by atoms with E-state index >= 15 is 0 Å². The first kappa shape index (κ1) is 16.1. The van der Waals surface area contributed by atoms with E-state index in [-0.39, 0.29) is 5.91 Å². The normalized spacial score (nSPS) is 14.1. The summed E-state index contributed by atoms with van der Waals surface area (Å²) in [4.78, 5) is 16.0. The molecule has 0 atom stereocenters. The Balaban J connectivity index is 1.51. The van der Waals surface area contributed by atoms with Crippen molar-refractivity contribution in [3.63, 3.8) is 0 Å². The fourth-order valence-corrected chi connectivity index (χ4v) is 2.92. The minimum atomic E-state index is -0.251. The lowest BCUT2D eigenvalue weighted by molar-refractivity contribution is 0.0927. The maximum atomic E-state index is 11.7. The van der Waals surface area contributed by atoms with Crippen molar-refractivity contribution < 1.29 is 9.21 Å². The highest BCUT2D eigenvalue weighted by Gasteiger charge is 2.13. The van der Waals surface area contributed by atoms with Gasteiger partial charge in [-0.05, 0) is 55.0 Å². The van der Waals surface area contributed by atoms with Crippen LogP contribution in [0.3, 0.4) is 0 Å². The van der Waals surface area contributed by atoms with Crippen molar-refractivity contribution in [2.24, 2.45) is 10.7 Å². The van der Waals surface area contributed by atoms with E-state index in [1.807, 2.05) is 12.1 Å². The smallest absolute Gasteiger partial charge is 0.287 e. The van der Waals surface area contributed by atoms with Gasteiger partial charge in [0.15, 0.2) is 11.7 Å². The second-order valence-electron chi connectivity index (χ2n) is 5.78. The van der Waals surface area contributed by atoms with Crippen LogP contribution in [0.25, 0.3) is 0 Å². The molecule has 0 radical (unpaired) electrons. The first-order chi connectivity index (χ1) is 11.7. The second kappa shape index (κ2) is 7.68. The van der Waals surface area contributed by atoms with Crippen LogP contribution in [0.15, 0.2) is 46.0 Å². The number of nitrogens with one attached hydrogen (secondary N) is 2. The van der Waals surface area contributed by atoms with E-state index in [1.165, 1.54) is 30.2 Å². The van der Waals surface area contributed by atoms with Gasteiger partial charge in [-0.2, -0.15) is 0 Å². The molecular formula is C18H22N4O2. The van der Waals surface area contributed by atoms with Gasteiger partial charge < -0.3 is 20.8 Å². The number of fused-ring (bicyclic) bond motifs is 1. The summed E-state index contributed by atoms with van der Waals surface area (Å²) in [6.45, 7) is 0.801. The Hall–Kier alpha value is -2.76. The number of anilines is 1. The van der Waals surface area contributed by atoms with E-state index in [0.717, 1.165) is 18.5 Å². The number of nitrogens with two attached hydrogens (primary N) is 1. The SMILES string of the molecule is NC(=NCCNC(=O)c1ccco1)Nc1cccc2c1CCCC2. The number of aryl methyl sites for hydroxylation is 1. The Labute approximate surface area is 141 Å². The average molecular weight is 326 g/mol. The van der Waals surface area contributed by atoms with E-state index in [2.05, 4.69) is 21.7 Å². The summed E-state index contributed by atoms with van der Waals surface area (Å²) in [6, 6.07) is 9.55. The largest absolute Gasteiger partial charge is 0.459 e. The molecule has 0 unspecified atom stereocenters. The van der Waals surface area contributed by atoms with Crippen LogP contribution in [-0.4, -0.2) is 25.0 Å². The van der Waals surface area contributed by atoms with Gasteiger partial charge in [-0.15, -0.1) is 0 Å². The molecule has 1 aromatic carbocycles. The Bertz CT molecular complexity index is 723. The molecule has 24 heavy (non-hydrogen) atoms. The first-order valence-corrected chi connectivity index (χ1v) is 8.23. The summed E-state index contributed by atoms with van der Waals surface area (Å²) in [5, 5.41) is 5.91. The van der Waals surface area contributed by atoms with Crippen molar-refractivity contribution in [1.29, 1.82) is 0 Å². The number of benzene rings is 1. The average Bonchev–Trinajstić information content (AvgIpc) is 3.14. The highest BCUT2D eigenvalue weighted by atomic mass is 16.3. The molecule has 0 saturated carbocycles. The van der Waals surface area contributed by atoms with Gasteiger partial charge in [-0.3, -0.25) is 9.79 Å². The number of hydrogen-bond acceptors (Lipinski definition) is 3. The first-order valence-electron chi connectivity index (χ1n) is 8.23. The maximum Gasteiger partial charge on any atom is 0.287 e. The molecule has 0 fully saturated rings. The third-order valence-electron chi connectivity index (χ3n) is 4.08. The molecule has 2 aromatic rings. The zero-order valence-corrected chi connectivity index (χ0v) is 13.5. The molecule has 126 valence electrons. The van der Waals surface area contributed by atoms with Crippen LogP contribution in [-0.2, 0) is 12.8 Å². The van der Waals surface area contributed by atoms with Gasteiger partial charge in [0.05, 0.1) is 12.8 Å². The van der Waals surface area contributed by atoms with Gasteiger partial charge in [0.1, 0.15) is 0 Å². The molecular weight excluding hydrogens is 304 g/mol. The summed E-state index contributed by atoms with van der Waals surface area (Å²) in [5.74, 6) is 0.404. The van der Waals surface area contributed by atoms with Gasteiger partial charge >= 0.3 is 0 Å². The minimum Gasteiger partial charge on any atom is -0.459 e. The molecule has 4 N–H and O–H groups in total. The van der Waals surface area contributed by atoms with E-state index < -0.39 is 0 Å². The number of hydrogen-bond donors (Lipinski definition) is 3. The van der Waals surface area contributed by atoms with Crippen LogP contribution in [0, 0.1) is 0 Å². The van der Waals surface area contributed by atoms with E-state index in [1.54, 1.807) is 12.1 Å². The van der Waals surface area contributed by atoms with Gasteiger partial charge in [-0.25, -0.2) is 0 Å². The Morgan fingerprint density at radius 2 is 2.08 bits per heavy atom. The molecule has 1 amide bonds. The fraction of sp³-hybridized carbons (Fsp3) is 0.333. The molecule has 6 heteroatoms. The topological polar surface area (TPSA) is 92.6 Å². The van der Waals surface area contributed by atoms with Crippen molar-refractivity contribution in [2.75, 3.05) is 18.4 Å². The molecule has 1 aromatic heterocycles. The molecule has 1 heterocycles. The lowest BCUT2D eigenvalue weighted by atomic mass is 9.90. The molecule has 0 saturated heterocycles. The molecule has 3 rings (SSSR count). The van der Waals surface area contributed by atoms with Gasteiger partial charge in [0.25, 0.3) is 5.91 Å². The van der Waals surface area contributed by atoms with Crippen molar-refractivity contribution >= 4 is 17.6 Å². The van der Waals surface area contributed by atoms with E-state index in [4.69, 9.17) is 10.2 Å². The fourth-order valence-electron chi connectivity index (χ4n) is 2.92. The summed E-state index contributed by atoms with van der Waals surface area (Å²) >= 11 is 0. The molecule has 1 aliphatic carbocycles. The Morgan fingerprint density at radius 3 is 2.92 bits per heavy atom. The Kier molecular flexibility index (Phi) is 5.15. The van der Waals surface area contributed by atoms with Crippen LogP contribution in [0.5, 0.6) is 0 Å². The van der Waals surface area contributed by atoms with Crippen LogP contribution in [0.1, 0.15) is 34.5 Å². The zero-order valence-electron chi connectivity index (χ0n) is 13.5. The van der Waals surface area contributed by atoms with Gasteiger partial charge in [0, 0.05) is 12.2 Å². The number of furan rings is 1. The van der Waals surface area contributed by atoms with E-state index in [0.29, 0.717) is 24.8 Å². The monoisotopic (exact) mass is 326 g/mol. The number of carbonyl (C=O) groups is 1. The van der Waals surface area contributed by atoms with Crippen molar-refractivity contribution in [1.82, 2.24) is 5.32 Å².